The van der Waals surface area contributed by atoms with Crippen LogP contribution >= 0.6 is 0 Å². The second kappa shape index (κ2) is 5.81. The van der Waals surface area contributed by atoms with Crippen LogP contribution in [0.1, 0.15) is 43.4 Å². The van der Waals surface area contributed by atoms with E-state index in [1.165, 1.54) is 12.8 Å². The van der Waals surface area contributed by atoms with Crippen molar-refractivity contribution < 1.29 is 4.39 Å². The molecule has 2 rings (SSSR count). The highest BCUT2D eigenvalue weighted by Gasteiger charge is 2.29. The monoisotopic (exact) mass is 250 g/mol. The van der Waals surface area contributed by atoms with Crippen LogP contribution in [0, 0.1) is 12.7 Å². The molecule has 1 aromatic carbocycles. The van der Waals surface area contributed by atoms with Gasteiger partial charge in [0.15, 0.2) is 0 Å². The summed E-state index contributed by atoms with van der Waals surface area (Å²) in [5.41, 5.74) is 7.81. The van der Waals surface area contributed by atoms with Crippen LogP contribution in [0.4, 0.5) is 4.39 Å². The van der Waals surface area contributed by atoms with Crippen molar-refractivity contribution in [1.82, 2.24) is 4.90 Å². The second-order valence-electron chi connectivity index (χ2n) is 5.20. The van der Waals surface area contributed by atoms with Crippen LogP contribution in [0.15, 0.2) is 18.2 Å². The van der Waals surface area contributed by atoms with Gasteiger partial charge in [0.05, 0.1) is 0 Å². The van der Waals surface area contributed by atoms with E-state index in [0.717, 1.165) is 18.5 Å². The molecule has 0 amide bonds. The third kappa shape index (κ3) is 2.57. The Labute approximate surface area is 109 Å². The molecule has 0 bridgehead atoms. The van der Waals surface area contributed by atoms with Crippen LogP contribution in [0.2, 0.25) is 0 Å². The minimum atomic E-state index is -0.136. The molecule has 0 saturated carbocycles. The van der Waals surface area contributed by atoms with Gasteiger partial charge in [-0.25, -0.2) is 4.39 Å². The van der Waals surface area contributed by atoms with Gasteiger partial charge in [-0.05, 0) is 49.9 Å². The van der Waals surface area contributed by atoms with Crippen molar-refractivity contribution in [3.63, 3.8) is 0 Å². The van der Waals surface area contributed by atoms with Crippen molar-refractivity contribution in [3.05, 3.63) is 35.1 Å². The quantitative estimate of drug-likeness (QED) is 0.890. The van der Waals surface area contributed by atoms with Gasteiger partial charge in [-0.1, -0.05) is 19.1 Å². The predicted molar refractivity (Wildman–Crippen MR) is 73.0 cm³/mol. The first-order valence-electron chi connectivity index (χ1n) is 6.89. The molecule has 1 fully saturated rings. The molecule has 2 N–H and O–H groups in total. The first-order valence-corrected chi connectivity index (χ1v) is 6.89. The molecule has 18 heavy (non-hydrogen) atoms. The number of nitrogens with zero attached hydrogens (tertiary/aromatic N) is 1. The number of hydrogen-bond acceptors (Lipinski definition) is 2. The molecular formula is C15H23FN2. The first-order chi connectivity index (χ1) is 8.67. The number of benzene rings is 1. The van der Waals surface area contributed by atoms with E-state index in [4.69, 9.17) is 5.73 Å². The first kappa shape index (κ1) is 13.5. The summed E-state index contributed by atoms with van der Waals surface area (Å²) in [5.74, 6) is -0.136. The topological polar surface area (TPSA) is 29.3 Å². The van der Waals surface area contributed by atoms with Crippen molar-refractivity contribution in [2.75, 3.05) is 13.1 Å². The fourth-order valence-electron chi connectivity index (χ4n) is 3.04. The predicted octanol–water partition coefficient (Wildman–Crippen LogP) is 3.01. The molecule has 0 aliphatic carbocycles. The lowest BCUT2D eigenvalue weighted by Crippen LogP contribution is -2.37. The van der Waals surface area contributed by atoms with Crippen molar-refractivity contribution in [2.24, 2.45) is 5.73 Å². The molecule has 0 aromatic heterocycles. The Kier molecular flexibility index (Phi) is 4.36. The van der Waals surface area contributed by atoms with E-state index in [1.54, 1.807) is 6.07 Å². The van der Waals surface area contributed by atoms with Crippen molar-refractivity contribution in [3.8, 4) is 0 Å². The molecule has 1 aromatic rings. The standard InChI is InChI=1S/C15H23FN2/c1-3-13-5-4-8-18(13)15(10-17)12-6-7-14(16)11(2)9-12/h6-7,9,13,15H,3-5,8,10,17H2,1-2H3. The molecule has 1 saturated heterocycles. The van der Waals surface area contributed by atoms with Crippen LogP contribution in [-0.2, 0) is 0 Å². The molecule has 2 unspecified atom stereocenters. The molecule has 3 heteroatoms. The molecule has 0 spiro atoms. The zero-order chi connectivity index (χ0) is 13.1. The van der Waals surface area contributed by atoms with E-state index in [2.05, 4.69) is 11.8 Å². The lowest BCUT2D eigenvalue weighted by molar-refractivity contribution is 0.180. The highest BCUT2D eigenvalue weighted by molar-refractivity contribution is 5.27. The lowest BCUT2D eigenvalue weighted by Gasteiger charge is -2.32. The van der Waals surface area contributed by atoms with Gasteiger partial charge in [-0.15, -0.1) is 0 Å². The Morgan fingerprint density at radius 3 is 2.89 bits per heavy atom. The van der Waals surface area contributed by atoms with Gasteiger partial charge < -0.3 is 5.73 Å². The van der Waals surface area contributed by atoms with Gasteiger partial charge >= 0.3 is 0 Å². The number of nitrogens with two attached hydrogens (primary N) is 1. The molecule has 1 aliphatic heterocycles. The third-order valence-electron chi connectivity index (χ3n) is 4.08. The van der Waals surface area contributed by atoms with Crippen LogP contribution in [0.5, 0.6) is 0 Å². The zero-order valence-electron chi connectivity index (χ0n) is 11.3. The SMILES string of the molecule is CCC1CCCN1C(CN)c1ccc(F)c(C)c1. The van der Waals surface area contributed by atoms with Crippen molar-refractivity contribution in [2.45, 2.75) is 45.2 Å². The molecule has 0 radical (unpaired) electrons. The van der Waals surface area contributed by atoms with Crippen LogP contribution in [0.25, 0.3) is 0 Å². The van der Waals surface area contributed by atoms with E-state index < -0.39 is 0 Å². The molecule has 1 aliphatic rings. The maximum Gasteiger partial charge on any atom is 0.126 e. The number of aryl methyl sites for hydroxylation is 1. The van der Waals surface area contributed by atoms with Crippen molar-refractivity contribution >= 4 is 0 Å². The summed E-state index contributed by atoms with van der Waals surface area (Å²) in [7, 11) is 0. The maximum atomic E-state index is 13.3. The minimum Gasteiger partial charge on any atom is -0.329 e. The van der Waals surface area contributed by atoms with Gasteiger partial charge in [0.1, 0.15) is 5.82 Å². The normalized spacial score (nSPS) is 22.3. The van der Waals surface area contributed by atoms with Gasteiger partial charge in [-0.3, -0.25) is 4.90 Å². The van der Waals surface area contributed by atoms with Gasteiger partial charge in [0, 0.05) is 18.6 Å². The summed E-state index contributed by atoms with van der Waals surface area (Å²) in [4.78, 5) is 2.49. The Morgan fingerprint density at radius 1 is 1.50 bits per heavy atom. The summed E-state index contributed by atoms with van der Waals surface area (Å²) < 4.78 is 13.3. The fourth-order valence-corrected chi connectivity index (χ4v) is 3.04. The van der Waals surface area contributed by atoms with Crippen molar-refractivity contribution in [1.29, 1.82) is 0 Å². The lowest BCUT2D eigenvalue weighted by atomic mass is 10.0. The fraction of sp³-hybridized carbons (Fsp3) is 0.600. The minimum absolute atomic E-state index is 0.136. The molecular weight excluding hydrogens is 227 g/mol. The third-order valence-corrected chi connectivity index (χ3v) is 4.08. The number of hydrogen-bond donors (Lipinski definition) is 1. The van der Waals surface area contributed by atoms with E-state index in [-0.39, 0.29) is 11.9 Å². The van der Waals surface area contributed by atoms with E-state index in [9.17, 15) is 4.39 Å². The van der Waals surface area contributed by atoms with Crippen LogP contribution < -0.4 is 5.73 Å². The molecule has 2 nitrogen and oxygen atoms in total. The summed E-state index contributed by atoms with van der Waals surface area (Å²) >= 11 is 0. The number of rotatable bonds is 4. The Bertz CT molecular complexity index is 405. The number of halogens is 1. The van der Waals surface area contributed by atoms with Gasteiger partial charge in [-0.2, -0.15) is 0 Å². The van der Waals surface area contributed by atoms with E-state index >= 15 is 0 Å². The highest BCUT2D eigenvalue weighted by Crippen LogP contribution is 2.30. The molecule has 1 heterocycles. The van der Waals surface area contributed by atoms with Crippen LogP contribution in [-0.4, -0.2) is 24.0 Å². The average molecular weight is 250 g/mol. The zero-order valence-corrected chi connectivity index (χ0v) is 11.3. The second-order valence-corrected chi connectivity index (χ2v) is 5.20. The Balaban J connectivity index is 2.24. The highest BCUT2D eigenvalue weighted by atomic mass is 19.1. The maximum absolute atomic E-state index is 13.3. The Morgan fingerprint density at radius 2 is 2.28 bits per heavy atom. The summed E-state index contributed by atoms with van der Waals surface area (Å²) in [5, 5.41) is 0. The summed E-state index contributed by atoms with van der Waals surface area (Å²) in [6.07, 6.45) is 3.67. The molecule has 2 atom stereocenters. The van der Waals surface area contributed by atoms with Gasteiger partial charge in [0.25, 0.3) is 0 Å². The van der Waals surface area contributed by atoms with E-state index in [0.29, 0.717) is 18.2 Å². The number of likely N-dealkylation sites (tertiary alicyclic amines) is 1. The van der Waals surface area contributed by atoms with E-state index in [1.807, 2.05) is 19.1 Å². The Hall–Kier alpha value is -0.930. The average Bonchev–Trinajstić information content (AvgIpc) is 2.83. The van der Waals surface area contributed by atoms with Gasteiger partial charge in [0.2, 0.25) is 0 Å². The van der Waals surface area contributed by atoms with Crippen LogP contribution in [0.3, 0.4) is 0 Å². The summed E-state index contributed by atoms with van der Waals surface area (Å²) in [6.45, 7) is 5.75. The summed E-state index contributed by atoms with van der Waals surface area (Å²) in [6, 6.07) is 6.24. The smallest absolute Gasteiger partial charge is 0.126 e. The largest absolute Gasteiger partial charge is 0.329 e. The molecule has 100 valence electrons.